The van der Waals surface area contributed by atoms with Gasteiger partial charge >= 0.3 is 5.97 Å². The van der Waals surface area contributed by atoms with Gasteiger partial charge in [0.1, 0.15) is 0 Å². The number of hydrogen-bond donors (Lipinski definition) is 1. The van der Waals surface area contributed by atoms with E-state index in [0.29, 0.717) is 18.4 Å². The topological polar surface area (TPSA) is 75.7 Å². The molecule has 0 atom stereocenters. The van der Waals surface area contributed by atoms with Crippen LogP contribution in [0.25, 0.3) is 0 Å². The molecule has 2 heterocycles. The number of aryl methyl sites for hydroxylation is 1. The number of nitrogens with zero attached hydrogens (tertiary/aromatic N) is 1. The van der Waals surface area contributed by atoms with Crippen LogP contribution in [0.3, 0.4) is 0 Å². The Kier molecular flexibility index (Phi) is 4.60. The summed E-state index contributed by atoms with van der Waals surface area (Å²) in [4.78, 5) is 37.2. The molecule has 0 radical (unpaired) electrons. The SMILES string of the molecule is O=C1CCc2cc(C(=O)OCC(=O)N3CCCCC3)ccc2N1. The molecule has 2 aliphatic heterocycles. The van der Waals surface area contributed by atoms with E-state index in [-0.39, 0.29) is 18.4 Å². The summed E-state index contributed by atoms with van der Waals surface area (Å²) in [6.07, 6.45) is 4.19. The van der Waals surface area contributed by atoms with Crippen molar-refractivity contribution in [2.75, 3.05) is 25.0 Å². The van der Waals surface area contributed by atoms with Crippen molar-refractivity contribution in [3.05, 3.63) is 29.3 Å². The summed E-state index contributed by atoms with van der Waals surface area (Å²) in [6, 6.07) is 5.04. The van der Waals surface area contributed by atoms with Crippen molar-refractivity contribution in [1.29, 1.82) is 0 Å². The maximum absolute atomic E-state index is 12.1. The van der Waals surface area contributed by atoms with Gasteiger partial charge in [-0.3, -0.25) is 9.59 Å². The van der Waals surface area contributed by atoms with Crippen LogP contribution in [0.2, 0.25) is 0 Å². The van der Waals surface area contributed by atoms with Crippen LogP contribution in [0.15, 0.2) is 18.2 Å². The second-order valence-corrected chi connectivity index (χ2v) is 5.94. The third kappa shape index (κ3) is 3.70. The first-order valence-corrected chi connectivity index (χ1v) is 8.01. The highest BCUT2D eigenvalue weighted by Crippen LogP contribution is 2.23. The van der Waals surface area contributed by atoms with Gasteiger partial charge in [-0.25, -0.2) is 4.79 Å². The standard InChI is InChI=1S/C17H20N2O4/c20-15-7-5-12-10-13(4-6-14(12)18-15)17(22)23-11-16(21)19-8-2-1-3-9-19/h4,6,10H,1-3,5,7-9,11H2,(H,18,20). The number of benzene rings is 1. The zero-order chi connectivity index (χ0) is 16.2. The molecule has 0 unspecified atom stereocenters. The van der Waals surface area contributed by atoms with Crippen molar-refractivity contribution >= 4 is 23.5 Å². The normalized spacial score (nSPS) is 17.2. The van der Waals surface area contributed by atoms with Crippen LogP contribution in [0, 0.1) is 0 Å². The Morgan fingerprint density at radius 3 is 2.70 bits per heavy atom. The molecule has 6 nitrogen and oxygen atoms in total. The minimum atomic E-state index is -0.505. The van der Waals surface area contributed by atoms with Gasteiger partial charge in [-0.05, 0) is 49.4 Å². The summed E-state index contributed by atoms with van der Waals surface area (Å²) < 4.78 is 5.14. The fourth-order valence-corrected chi connectivity index (χ4v) is 2.96. The van der Waals surface area contributed by atoms with Gasteiger partial charge < -0.3 is 15.0 Å². The van der Waals surface area contributed by atoms with E-state index in [1.165, 1.54) is 0 Å². The fourth-order valence-electron chi connectivity index (χ4n) is 2.96. The number of ether oxygens (including phenoxy) is 1. The van der Waals surface area contributed by atoms with Gasteiger partial charge in [-0.15, -0.1) is 0 Å². The first-order valence-electron chi connectivity index (χ1n) is 8.01. The summed E-state index contributed by atoms with van der Waals surface area (Å²) in [5.41, 5.74) is 2.06. The molecule has 1 aromatic rings. The van der Waals surface area contributed by atoms with Crippen molar-refractivity contribution in [3.63, 3.8) is 0 Å². The number of esters is 1. The van der Waals surface area contributed by atoms with E-state index in [0.717, 1.165) is 43.6 Å². The van der Waals surface area contributed by atoms with Gasteiger partial charge in [0.25, 0.3) is 5.91 Å². The Bertz CT molecular complexity index is 635. The molecule has 2 amide bonds. The lowest BCUT2D eigenvalue weighted by Gasteiger charge is -2.26. The summed E-state index contributed by atoms with van der Waals surface area (Å²) in [7, 11) is 0. The average Bonchev–Trinajstić information content (AvgIpc) is 2.59. The van der Waals surface area contributed by atoms with E-state index in [9.17, 15) is 14.4 Å². The van der Waals surface area contributed by atoms with Crippen LogP contribution in [0.4, 0.5) is 5.69 Å². The largest absolute Gasteiger partial charge is 0.452 e. The second kappa shape index (κ2) is 6.81. The van der Waals surface area contributed by atoms with E-state index in [2.05, 4.69) is 5.32 Å². The van der Waals surface area contributed by atoms with Gasteiger partial charge in [-0.2, -0.15) is 0 Å². The van der Waals surface area contributed by atoms with Crippen molar-refractivity contribution in [2.24, 2.45) is 0 Å². The lowest BCUT2D eigenvalue weighted by molar-refractivity contribution is -0.135. The Labute approximate surface area is 134 Å². The lowest BCUT2D eigenvalue weighted by Crippen LogP contribution is -2.38. The van der Waals surface area contributed by atoms with Gasteiger partial charge in [0.2, 0.25) is 5.91 Å². The third-order valence-corrected chi connectivity index (χ3v) is 4.27. The Balaban J connectivity index is 1.58. The van der Waals surface area contributed by atoms with Gasteiger partial charge in [-0.1, -0.05) is 0 Å². The van der Waals surface area contributed by atoms with E-state index in [1.807, 2.05) is 0 Å². The quantitative estimate of drug-likeness (QED) is 0.862. The molecule has 1 saturated heterocycles. The molecule has 0 aromatic heterocycles. The maximum atomic E-state index is 12.1. The minimum absolute atomic E-state index is 0.0139. The predicted octanol–water partition coefficient (Wildman–Crippen LogP) is 1.74. The highest BCUT2D eigenvalue weighted by Gasteiger charge is 2.20. The molecule has 122 valence electrons. The van der Waals surface area contributed by atoms with Crippen LogP contribution < -0.4 is 5.32 Å². The first kappa shape index (κ1) is 15.5. The molecule has 0 spiro atoms. The maximum Gasteiger partial charge on any atom is 0.338 e. The number of rotatable bonds is 3. The van der Waals surface area contributed by atoms with E-state index >= 15 is 0 Å². The molecule has 0 bridgehead atoms. The monoisotopic (exact) mass is 316 g/mol. The number of carbonyl (C=O) groups is 3. The molecule has 1 aromatic carbocycles. The zero-order valence-electron chi connectivity index (χ0n) is 13.0. The smallest absolute Gasteiger partial charge is 0.338 e. The van der Waals surface area contributed by atoms with E-state index in [4.69, 9.17) is 4.74 Å². The van der Waals surface area contributed by atoms with Crippen LogP contribution in [-0.4, -0.2) is 42.4 Å². The van der Waals surface area contributed by atoms with Crippen molar-refractivity contribution in [2.45, 2.75) is 32.1 Å². The van der Waals surface area contributed by atoms with Crippen molar-refractivity contribution in [3.8, 4) is 0 Å². The lowest BCUT2D eigenvalue weighted by atomic mass is 10.0. The van der Waals surface area contributed by atoms with Crippen LogP contribution in [-0.2, 0) is 20.7 Å². The summed E-state index contributed by atoms with van der Waals surface area (Å²) >= 11 is 0. The molecule has 3 rings (SSSR count). The number of likely N-dealkylation sites (tertiary alicyclic amines) is 1. The number of fused-ring (bicyclic) bond motifs is 1. The molecule has 1 fully saturated rings. The van der Waals surface area contributed by atoms with Crippen LogP contribution in [0.1, 0.15) is 41.6 Å². The summed E-state index contributed by atoms with van der Waals surface area (Å²) in [5.74, 6) is -0.654. The number of nitrogens with one attached hydrogen (secondary N) is 1. The highest BCUT2D eigenvalue weighted by molar-refractivity contribution is 5.96. The highest BCUT2D eigenvalue weighted by atomic mass is 16.5. The number of amides is 2. The van der Waals surface area contributed by atoms with Crippen LogP contribution in [0.5, 0.6) is 0 Å². The molecule has 23 heavy (non-hydrogen) atoms. The molecular weight excluding hydrogens is 296 g/mol. The van der Waals surface area contributed by atoms with E-state index < -0.39 is 5.97 Å². The predicted molar refractivity (Wildman–Crippen MR) is 84.1 cm³/mol. The molecule has 1 N–H and O–H groups in total. The fraction of sp³-hybridized carbons (Fsp3) is 0.471. The summed E-state index contributed by atoms with van der Waals surface area (Å²) in [5, 5.41) is 2.77. The van der Waals surface area contributed by atoms with E-state index in [1.54, 1.807) is 23.1 Å². The Hall–Kier alpha value is -2.37. The molecule has 2 aliphatic rings. The number of hydrogen-bond acceptors (Lipinski definition) is 4. The van der Waals surface area contributed by atoms with Crippen molar-refractivity contribution in [1.82, 2.24) is 4.90 Å². The number of anilines is 1. The second-order valence-electron chi connectivity index (χ2n) is 5.94. The summed E-state index contributed by atoms with van der Waals surface area (Å²) in [6.45, 7) is 1.27. The Morgan fingerprint density at radius 1 is 1.13 bits per heavy atom. The third-order valence-electron chi connectivity index (χ3n) is 4.27. The molecule has 0 saturated carbocycles. The van der Waals surface area contributed by atoms with Gasteiger partial charge in [0.15, 0.2) is 6.61 Å². The van der Waals surface area contributed by atoms with Gasteiger partial charge in [0, 0.05) is 25.2 Å². The number of piperidine rings is 1. The zero-order valence-corrected chi connectivity index (χ0v) is 13.0. The first-order chi connectivity index (χ1) is 11.1. The van der Waals surface area contributed by atoms with Crippen molar-refractivity contribution < 1.29 is 19.1 Å². The van der Waals surface area contributed by atoms with Gasteiger partial charge in [0.05, 0.1) is 5.56 Å². The average molecular weight is 316 g/mol. The van der Waals surface area contributed by atoms with Crippen LogP contribution >= 0.6 is 0 Å². The molecule has 0 aliphatic carbocycles. The Morgan fingerprint density at radius 2 is 1.91 bits per heavy atom. The number of carbonyl (C=O) groups excluding carboxylic acids is 3. The minimum Gasteiger partial charge on any atom is -0.452 e. The molecule has 6 heteroatoms. The molecular formula is C17H20N2O4.